The quantitative estimate of drug-likeness (QED) is 0.679. The first-order chi connectivity index (χ1) is 8.63. The Balaban J connectivity index is 2.22. The monoisotopic (exact) mass is 258 g/mol. The van der Waals surface area contributed by atoms with Crippen LogP contribution in [0, 0.1) is 6.07 Å². The first-order valence-corrected chi connectivity index (χ1v) is 5.66. The summed E-state index contributed by atoms with van der Waals surface area (Å²) in [4.78, 5) is 8.61. The molecule has 18 heavy (non-hydrogen) atoms. The molecule has 3 aromatic heterocycles. The van der Waals surface area contributed by atoms with Gasteiger partial charge in [0.15, 0.2) is 0 Å². The molecule has 0 saturated heterocycles. The van der Waals surface area contributed by atoms with Gasteiger partial charge in [0.25, 0.3) is 0 Å². The van der Waals surface area contributed by atoms with Crippen LogP contribution in [-0.4, -0.2) is 19.7 Å². The molecular formula is C12H9ClN5. The van der Waals surface area contributed by atoms with Crippen molar-refractivity contribution < 1.29 is 0 Å². The van der Waals surface area contributed by atoms with Gasteiger partial charge in [-0.2, -0.15) is 5.10 Å². The number of rotatable bonds is 1. The Bertz CT molecular complexity index is 734. The molecule has 6 heteroatoms. The number of halogens is 1. The Labute approximate surface area is 108 Å². The van der Waals surface area contributed by atoms with Crippen LogP contribution >= 0.6 is 11.6 Å². The first kappa shape index (κ1) is 11.0. The van der Waals surface area contributed by atoms with Crippen molar-refractivity contribution in [2.45, 2.75) is 0 Å². The molecule has 2 N–H and O–H groups in total. The molecule has 0 aliphatic heterocycles. The zero-order chi connectivity index (χ0) is 12.7. The number of nitrogens with two attached hydrogens (primary N) is 1. The highest BCUT2D eigenvalue weighted by Crippen LogP contribution is 2.24. The maximum atomic E-state index is 5.89. The minimum Gasteiger partial charge on any atom is -0.397 e. The molecule has 3 rings (SSSR count). The largest absolute Gasteiger partial charge is 0.397 e. The van der Waals surface area contributed by atoms with Crippen LogP contribution in [0.25, 0.3) is 22.4 Å². The zero-order valence-corrected chi connectivity index (χ0v) is 10.3. The Morgan fingerprint density at radius 1 is 1.33 bits per heavy atom. The predicted octanol–water partition coefficient (Wildman–Crippen LogP) is 2.07. The van der Waals surface area contributed by atoms with Gasteiger partial charge < -0.3 is 5.73 Å². The van der Waals surface area contributed by atoms with E-state index in [0.717, 1.165) is 0 Å². The van der Waals surface area contributed by atoms with Gasteiger partial charge in [-0.15, -0.1) is 0 Å². The Kier molecular flexibility index (Phi) is 2.41. The summed E-state index contributed by atoms with van der Waals surface area (Å²) in [7, 11) is 1.83. The Morgan fingerprint density at radius 3 is 2.89 bits per heavy atom. The molecule has 0 amide bonds. The fourth-order valence-electron chi connectivity index (χ4n) is 1.73. The average Bonchev–Trinajstić information content (AvgIpc) is 2.75. The van der Waals surface area contributed by atoms with Crippen LogP contribution in [0.1, 0.15) is 0 Å². The summed E-state index contributed by atoms with van der Waals surface area (Å²) < 4.78 is 1.67. The third-order valence-electron chi connectivity index (χ3n) is 2.54. The van der Waals surface area contributed by atoms with E-state index < -0.39 is 0 Å². The lowest BCUT2D eigenvalue weighted by Gasteiger charge is -2.03. The molecule has 0 fully saturated rings. The van der Waals surface area contributed by atoms with Gasteiger partial charge in [0.1, 0.15) is 16.4 Å². The smallest absolute Gasteiger partial charge is 0.131 e. The maximum Gasteiger partial charge on any atom is 0.131 e. The van der Waals surface area contributed by atoms with Gasteiger partial charge in [0.05, 0.1) is 16.9 Å². The number of nitrogen functional groups attached to an aromatic ring is 1. The summed E-state index contributed by atoms with van der Waals surface area (Å²) in [5.41, 5.74) is 9.06. The van der Waals surface area contributed by atoms with Gasteiger partial charge in [-0.3, -0.25) is 4.68 Å². The van der Waals surface area contributed by atoms with Crippen LogP contribution in [0.3, 0.4) is 0 Å². The van der Waals surface area contributed by atoms with Crippen LogP contribution in [0.4, 0.5) is 5.69 Å². The molecule has 0 spiro atoms. The zero-order valence-electron chi connectivity index (χ0n) is 9.55. The van der Waals surface area contributed by atoms with Crippen LogP contribution < -0.4 is 5.73 Å². The summed E-state index contributed by atoms with van der Waals surface area (Å²) in [5.74, 6) is 0. The third kappa shape index (κ3) is 1.78. The van der Waals surface area contributed by atoms with E-state index in [2.05, 4.69) is 21.1 Å². The summed E-state index contributed by atoms with van der Waals surface area (Å²) in [6.45, 7) is 0. The molecule has 3 aromatic rings. The van der Waals surface area contributed by atoms with Crippen molar-refractivity contribution in [1.82, 2.24) is 19.7 Å². The molecule has 1 radical (unpaired) electrons. The van der Waals surface area contributed by atoms with Crippen molar-refractivity contribution in [3.05, 3.63) is 35.6 Å². The van der Waals surface area contributed by atoms with E-state index in [9.17, 15) is 0 Å². The maximum absolute atomic E-state index is 5.89. The highest BCUT2D eigenvalue weighted by Gasteiger charge is 2.08. The fraction of sp³-hybridized carbons (Fsp3) is 0.0833. The number of anilines is 1. The van der Waals surface area contributed by atoms with Crippen molar-refractivity contribution in [2.24, 2.45) is 7.05 Å². The second kappa shape index (κ2) is 3.96. The minimum absolute atomic E-state index is 0.360. The van der Waals surface area contributed by atoms with Crippen LogP contribution in [0.2, 0.25) is 5.15 Å². The van der Waals surface area contributed by atoms with Gasteiger partial charge in [0.2, 0.25) is 0 Å². The molecule has 0 aliphatic carbocycles. The normalized spacial score (nSPS) is 11.0. The van der Waals surface area contributed by atoms with E-state index in [-0.39, 0.29) is 0 Å². The number of nitrogens with zero attached hydrogens (tertiary/aromatic N) is 4. The van der Waals surface area contributed by atoms with E-state index in [1.165, 1.54) is 0 Å². The Morgan fingerprint density at radius 2 is 2.17 bits per heavy atom. The molecule has 5 nitrogen and oxygen atoms in total. The third-order valence-corrected chi connectivity index (χ3v) is 2.73. The summed E-state index contributed by atoms with van der Waals surface area (Å²) in [5, 5.41) is 4.61. The van der Waals surface area contributed by atoms with Crippen molar-refractivity contribution in [3.63, 3.8) is 0 Å². The lowest BCUT2D eigenvalue weighted by molar-refractivity contribution is 0.770. The van der Waals surface area contributed by atoms with Gasteiger partial charge in [0, 0.05) is 25.4 Å². The van der Waals surface area contributed by atoms with E-state index in [1.54, 1.807) is 16.9 Å². The van der Waals surface area contributed by atoms with Crippen molar-refractivity contribution in [2.75, 3.05) is 5.73 Å². The SMILES string of the molecule is Cn1c[c]c(-c2ccc3nc(Cl)cc(N)c3n2)n1. The topological polar surface area (TPSA) is 69.6 Å². The van der Waals surface area contributed by atoms with Crippen molar-refractivity contribution in [3.8, 4) is 11.4 Å². The first-order valence-electron chi connectivity index (χ1n) is 5.28. The molecule has 0 bridgehead atoms. The summed E-state index contributed by atoms with van der Waals surface area (Å²) in [6.07, 6.45) is 1.74. The standard InChI is InChI=1S/C12H9ClN5/c1-18-5-4-9(17-18)8-2-3-10-12(16-8)7(14)6-11(13)15-10/h2-3,5-6H,1H3,(H2,14,15). The molecule has 0 atom stereocenters. The van der Waals surface area contributed by atoms with Crippen LogP contribution in [0.5, 0.6) is 0 Å². The van der Waals surface area contributed by atoms with E-state index in [1.807, 2.05) is 19.2 Å². The highest BCUT2D eigenvalue weighted by atomic mass is 35.5. The number of aryl methyl sites for hydroxylation is 1. The van der Waals surface area contributed by atoms with Gasteiger partial charge >= 0.3 is 0 Å². The molecule has 0 unspecified atom stereocenters. The van der Waals surface area contributed by atoms with Crippen LogP contribution in [-0.2, 0) is 7.05 Å². The fourth-order valence-corrected chi connectivity index (χ4v) is 1.93. The molecule has 0 saturated carbocycles. The summed E-state index contributed by atoms with van der Waals surface area (Å²) >= 11 is 5.84. The number of fused-ring (bicyclic) bond motifs is 1. The minimum atomic E-state index is 0.360. The predicted molar refractivity (Wildman–Crippen MR) is 70.0 cm³/mol. The van der Waals surface area contributed by atoms with Gasteiger partial charge in [-0.05, 0) is 12.1 Å². The van der Waals surface area contributed by atoms with Crippen LogP contribution in [0.15, 0.2) is 24.4 Å². The van der Waals surface area contributed by atoms with Crippen molar-refractivity contribution in [1.29, 1.82) is 0 Å². The molecule has 3 heterocycles. The van der Waals surface area contributed by atoms with E-state index in [4.69, 9.17) is 17.3 Å². The number of hydrogen-bond donors (Lipinski definition) is 1. The number of hydrogen-bond acceptors (Lipinski definition) is 4. The van der Waals surface area contributed by atoms with E-state index >= 15 is 0 Å². The Hall–Kier alpha value is -2.14. The second-order valence-corrected chi connectivity index (χ2v) is 4.28. The molecule has 0 aliphatic rings. The highest BCUT2D eigenvalue weighted by molar-refractivity contribution is 6.30. The van der Waals surface area contributed by atoms with Crippen molar-refractivity contribution >= 4 is 28.3 Å². The molecular weight excluding hydrogens is 250 g/mol. The average molecular weight is 259 g/mol. The lowest BCUT2D eigenvalue weighted by Crippen LogP contribution is -1.95. The lowest BCUT2D eigenvalue weighted by atomic mass is 10.2. The van der Waals surface area contributed by atoms with E-state index in [0.29, 0.717) is 33.3 Å². The molecule has 0 aromatic carbocycles. The number of aromatic nitrogens is 4. The molecule has 89 valence electrons. The summed E-state index contributed by atoms with van der Waals surface area (Å²) in [6, 6.07) is 8.25. The van der Waals surface area contributed by atoms with Gasteiger partial charge in [-0.1, -0.05) is 11.6 Å². The number of pyridine rings is 2. The van der Waals surface area contributed by atoms with Gasteiger partial charge in [-0.25, -0.2) is 9.97 Å². The second-order valence-electron chi connectivity index (χ2n) is 3.89.